The van der Waals surface area contributed by atoms with Gasteiger partial charge in [0.2, 0.25) is 5.67 Å². The fourth-order valence-electron chi connectivity index (χ4n) is 2.57. The largest absolute Gasteiger partial charge is 0.351 e. The molecule has 0 aromatic carbocycles. The maximum Gasteiger partial charge on any atom is 0.259 e. The van der Waals surface area contributed by atoms with E-state index in [0.29, 0.717) is 6.54 Å². The van der Waals surface area contributed by atoms with Gasteiger partial charge in [-0.1, -0.05) is 11.3 Å². The molecule has 1 atom stereocenters. The number of hydrogen-bond acceptors (Lipinski definition) is 5. The number of pyridine rings is 1. The van der Waals surface area contributed by atoms with Crippen LogP contribution in [0.15, 0.2) is 18.5 Å². The van der Waals surface area contributed by atoms with Crippen LogP contribution in [0.3, 0.4) is 0 Å². The Morgan fingerprint density at radius 2 is 2.38 bits per heavy atom. The molecule has 0 bridgehead atoms. The number of carbonyl (C=O) groups excluding carboxylic acids is 1. The molecule has 3 heterocycles. The summed E-state index contributed by atoms with van der Waals surface area (Å²) in [6.07, 6.45) is 5.58. The van der Waals surface area contributed by atoms with Crippen LogP contribution in [0.5, 0.6) is 0 Å². The number of nitrogens with zero attached hydrogens (tertiary/aromatic N) is 3. The Bertz CT molecular complexity index is 668. The molecule has 7 heteroatoms. The molecule has 1 aliphatic carbocycles. The summed E-state index contributed by atoms with van der Waals surface area (Å²) in [5.74, 6) is -0.463. The molecule has 0 spiro atoms. The summed E-state index contributed by atoms with van der Waals surface area (Å²) < 4.78 is 15.8. The fourth-order valence-corrected chi connectivity index (χ4v) is 3.52. The lowest BCUT2D eigenvalue weighted by molar-refractivity contribution is -0.131. The minimum atomic E-state index is -1.79. The average molecular weight is 306 g/mol. The van der Waals surface area contributed by atoms with Gasteiger partial charge in [0.05, 0.1) is 17.4 Å². The molecule has 1 saturated carbocycles. The van der Waals surface area contributed by atoms with Crippen LogP contribution in [0.4, 0.5) is 9.52 Å². The van der Waals surface area contributed by atoms with Crippen molar-refractivity contribution in [2.75, 3.05) is 18.0 Å². The van der Waals surface area contributed by atoms with Gasteiger partial charge in [0.15, 0.2) is 5.13 Å². The molecular weight excluding hydrogens is 291 g/mol. The Morgan fingerprint density at radius 3 is 3.14 bits per heavy atom. The minimum Gasteiger partial charge on any atom is -0.351 e. The normalized spacial score (nSPS) is 25.5. The van der Waals surface area contributed by atoms with Gasteiger partial charge in [-0.2, -0.15) is 0 Å². The number of rotatable bonds is 3. The highest BCUT2D eigenvalue weighted by molar-refractivity contribution is 7.22. The van der Waals surface area contributed by atoms with Crippen molar-refractivity contribution in [3.05, 3.63) is 18.5 Å². The molecule has 1 amide bonds. The highest BCUT2D eigenvalue weighted by Crippen LogP contribution is 2.35. The van der Waals surface area contributed by atoms with Gasteiger partial charge in [-0.15, -0.1) is 0 Å². The smallest absolute Gasteiger partial charge is 0.259 e. The molecule has 4 rings (SSSR count). The number of thiazole rings is 1. The zero-order chi connectivity index (χ0) is 14.4. The van der Waals surface area contributed by atoms with Crippen molar-refractivity contribution in [2.45, 2.75) is 31.0 Å². The van der Waals surface area contributed by atoms with Gasteiger partial charge in [0.1, 0.15) is 5.52 Å². The van der Waals surface area contributed by atoms with E-state index < -0.39 is 11.6 Å². The van der Waals surface area contributed by atoms with Crippen LogP contribution in [-0.4, -0.2) is 40.7 Å². The van der Waals surface area contributed by atoms with E-state index >= 15 is 0 Å². The van der Waals surface area contributed by atoms with E-state index in [4.69, 9.17) is 0 Å². The van der Waals surface area contributed by atoms with Crippen LogP contribution in [0.2, 0.25) is 0 Å². The summed E-state index contributed by atoms with van der Waals surface area (Å²) in [6.45, 7) is 0.598. The zero-order valence-corrected chi connectivity index (χ0v) is 12.2. The van der Waals surface area contributed by atoms with Crippen molar-refractivity contribution in [1.29, 1.82) is 0 Å². The molecule has 0 radical (unpaired) electrons. The number of hydrogen-bond donors (Lipinski definition) is 1. The Kier molecular flexibility index (Phi) is 2.85. The number of alkyl halides is 1. The van der Waals surface area contributed by atoms with Crippen LogP contribution in [-0.2, 0) is 4.79 Å². The molecular formula is C14H15FN4OS. The topological polar surface area (TPSA) is 58.1 Å². The standard InChI is InChI=1S/C14H15FN4OS/c15-14(12(20)17-9-1-2-9)4-6-19(8-14)13-18-10-7-16-5-3-11(10)21-13/h3,5,7,9H,1-2,4,6,8H2,(H,17,20). The van der Waals surface area contributed by atoms with Crippen molar-refractivity contribution in [1.82, 2.24) is 15.3 Å². The third kappa shape index (κ3) is 2.35. The van der Waals surface area contributed by atoms with Crippen molar-refractivity contribution in [2.24, 2.45) is 0 Å². The van der Waals surface area contributed by atoms with E-state index in [1.807, 2.05) is 11.0 Å². The quantitative estimate of drug-likeness (QED) is 0.941. The van der Waals surface area contributed by atoms with Crippen molar-refractivity contribution >= 4 is 32.6 Å². The molecule has 1 unspecified atom stereocenters. The summed E-state index contributed by atoms with van der Waals surface area (Å²) in [5.41, 5.74) is -0.977. The summed E-state index contributed by atoms with van der Waals surface area (Å²) in [7, 11) is 0. The van der Waals surface area contributed by atoms with Gasteiger partial charge in [-0.05, 0) is 18.9 Å². The second kappa shape index (κ2) is 4.62. The van der Waals surface area contributed by atoms with Gasteiger partial charge in [0.25, 0.3) is 5.91 Å². The van der Waals surface area contributed by atoms with E-state index in [0.717, 1.165) is 28.2 Å². The Balaban J connectivity index is 1.53. The molecule has 5 nitrogen and oxygen atoms in total. The Morgan fingerprint density at radius 1 is 1.52 bits per heavy atom. The van der Waals surface area contributed by atoms with E-state index in [1.165, 1.54) is 11.3 Å². The number of carbonyl (C=O) groups is 1. The number of halogens is 1. The maximum absolute atomic E-state index is 14.8. The molecule has 1 N–H and O–H groups in total. The summed E-state index contributed by atoms with van der Waals surface area (Å²) in [6, 6.07) is 2.09. The molecule has 1 saturated heterocycles. The average Bonchev–Trinajstić information content (AvgIpc) is 3.03. The summed E-state index contributed by atoms with van der Waals surface area (Å²) in [4.78, 5) is 22.4. The first kappa shape index (κ1) is 12.9. The number of anilines is 1. The third-order valence-electron chi connectivity index (χ3n) is 3.99. The van der Waals surface area contributed by atoms with Crippen LogP contribution in [0.25, 0.3) is 10.2 Å². The lowest BCUT2D eigenvalue weighted by Crippen LogP contribution is -2.46. The SMILES string of the molecule is O=C(NC1CC1)C1(F)CCN(c2nc3cnccc3s2)C1. The van der Waals surface area contributed by atoms with E-state index in [2.05, 4.69) is 15.3 Å². The molecule has 2 aromatic rings. The second-order valence-electron chi connectivity index (χ2n) is 5.72. The van der Waals surface area contributed by atoms with E-state index in [-0.39, 0.29) is 19.0 Å². The minimum absolute atomic E-state index is 0.0821. The van der Waals surface area contributed by atoms with E-state index in [9.17, 15) is 9.18 Å². The van der Waals surface area contributed by atoms with Crippen molar-refractivity contribution in [3.63, 3.8) is 0 Å². The monoisotopic (exact) mass is 306 g/mol. The Labute approximate surface area is 125 Å². The van der Waals surface area contributed by atoms with Crippen LogP contribution in [0, 0.1) is 0 Å². The Hall–Kier alpha value is -1.76. The number of amides is 1. The first-order valence-corrected chi connectivity index (χ1v) is 7.91. The summed E-state index contributed by atoms with van der Waals surface area (Å²) >= 11 is 1.51. The van der Waals surface area contributed by atoms with Gasteiger partial charge < -0.3 is 10.2 Å². The molecule has 21 heavy (non-hydrogen) atoms. The lowest BCUT2D eigenvalue weighted by atomic mass is 10.1. The number of nitrogens with one attached hydrogen (secondary N) is 1. The lowest BCUT2D eigenvalue weighted by Gasteiger charge is -2.19. The second-order valence-corrected chi connectivity index (χ2v) is 6.73. The predicted molar refractivity (Wildman–Crippen MR) is 79.2 cm³/mol. The fraction of sp³-hybridized carbons (Fsp3) is 0.500. The van der Waals surface area contributed by atoms with E-state index in [1.54, 1.807) is 12.4 Å². The van der Waals surface area contributed by atoms with Crippen LogP contribution in [0.1, 0.15) is 19.3 Å². The molecule has 2 aliphatic rings. The maximum atomic E-state index is 14.8. The highest BCUT2D eigenvalue weighted by atomic mass is 32.1. The van der Waals surface area contributed by atoms with Crippen LogP contribution >= 0.6 is 11.3 Å². The first-order chi connectivity index (χ1) is 10.1. The molecule has 110 valence electrons. The molecule has 1 aliphatic heterocycles. The predicted octanol–water partition coefficient (Wildman–Crippen LogP) is 1.89. The first-order valence-electron chi connectivity index (χ1n) is 7.09. The van der Waals surface area contributed by atoms with Crippen LogP contribution < -0.4 is 10.2 Å². The van der Waals surface area contributed by atoms with Crippen molar-refractivity contribution < 1.29 is 9.18 Å². The van der Waals surface area contributed by atoms with Gasteiger partial charge in [-0.3, -0.25) is 9.78 Å². The molecule has 2 fully saturated rings. The van der Waals surface area contributed by atoms with Gasteiger partial charge >= 0.3 is 0 Å². The van der Waals surface area contributed by atoms with Gasteiger partial charge in [0, 0.05) is 25.2 Å². The zero-order valence-electron chi connectivity index (χ0n) is 11.4. The summed E-state index contributed by atoms with van der Waals surface area (Å²) in [5, 5.41) is 3.53. The number of aromatic nitrogens is 2. The highest BCUT2D eigenvalue weighted by Gasteiger charge is 2.47. The molecule has 2 aromatic heterocycles. The van der Waals surface area contributed by atoms with Crippen molar-refractivity contribution in [3.8, 4) is 0 Å². The van der Waals surface area contributed by atoms with Gasteiger partial charge in [-0.25, -0.2) is 9.37 Å². The number of fused-ring (bicyclic) bond motifs is 1. The third-order valence-corrected chi connectivity index (χ3v) is 5.09.